The Morgan fingerprint density at radius 2 is 2.08 bits per heavy atom. The topological polar surface area (TPSA) is 123 Å². The molecule has 1 atom stereocenters. The number of hydrogen-bond acceptors (Lipinski definition) is 6. The highest BCUT2D eigenvalue weighted by molar-refractivity contribution is 5.83. The lowest BCUT2D eigenvalue weighted by Crippen LogP contribution is -2.46. The predicted octanol–water partition coefficient (Wildman–Crippen LogP) is -1.32. The van der Waals surface area contributed by atoms with Crippen LogP contribution in [0.5, 0.6) is 0 Å². The van der Waals surface area contributed by atoms with E-state index in [4.69, 9.17) is 4.74 Å². The minimum Gasteiger partial charge on any atom is -0.379 e. The Bertz CT molecular complexity index is 666. The number of H-pyrrole nitrogens is 2. The fourth-order valence-corrected chi connectivity index (χ4v) is 3.36. The maximum atomic E-state index is 12.4. The number of carbonyl (C=O) groups is 2. The summed E-state index contributed by atoms with van der Waals surface area (Å²) in [6, 6.07) is 0. The summed E-state index contributed by atoms with van der Waals surface area (Å²) in [6.45, 7) is 5.65. The average Bonchev–Trinajstić information content (AvgIpc) is 3.07. The Labute approximate surface area is 151 Å². The molecule has 0 unspecified atom stereocenters. The maximum absolute atomic E-state index is 12.4. The summed E-state index contributed by atoms with van der Waals surface area (Å²) in [5, 5.41) is 8.79. The molecule has 0 spiro atoms. The van der Waals surface area contributed by atoms with Crippen LogP contribution in [-0.4, -0.2) is 82.7 Å². The minimum atomic E-state index is -0.399. The van der Waals surface area contributed by atoms with Gasteiger partial charge in [-0.25, -0.2) is 9.89 Å². The van der Waals surface area contributed by atoms with E-state index in [2.05, 4.69) is 25.4 Å². The average molecular weight is 366 g/mol. The molecule has 2 aliphatic rings. The predicted molar refractivity (Wildman–Crippen MR) is 92.2 cm³/mol. The van der Waals surface area contributed by atoms with Gasteiger partial charge in [0.25, 0.3) is 0 Å². The van der Waals surface area contributed by atoms with Crippen LogP contribution in [0.4, 0.5) is 0 Å². The first kappa shape index (κ1) is 18.6. The molecule has 0 aromatic carbocycles. The Morgan fingerprint density at radius 1 is 1.27 bits per heavy atom. The van der Waals surface area contributed by atoms with E-state index < -0.39 is 5.69 Å². The number of amides is 2. The van der Waals surface area contributed by atoms with E-state index >= 15 is 0 Å². The van der Waals surface area contributed by atoms with E-state index in [1.165, 1.54) is 0 Å². The third kappa shape index (κ3) is 5.15. The zero-order valence-electron chi connectivity index (χ0n) is 14.8. The van der Waals surface area contributed by atoms with Crippen molar-refractivity contribution in [3.63, 3.8) is 0 Å². The van der Waals surface area contributed by atoms with E-state index in [0.29, 0.717) is 31.8 Å². The number of aromatic nitrogens is 3. The van der Waals surface area contributed by atoms with Gasteiger partial charge in [-0.15, -0.1) is 0 Å². The lowest BCUT2D eigenvalue weighted by molar-refractivity contribution is -0.138. The number of nitrogens with one attached hydrogen (secondary N) is 3. The van der Waals surface area contributed by atoms with Crippen molar-refractivity contribution in [1.29, 1.82) is 0 Å². The van der Waals surface area contributed by atoms with Crippen molar-refractivity contribution < 1.29 is 14.3 Å². The number of rotatable bonds is 7. The molecule has 0 aliphatic carbocycles. The third-order valence-corrected chi connectivity index (χ3v) is 4.86. The van der Waals surface area contributed by atoms with Crippen molar-refractivity contribution in [3.05, 3.63) is 16.3 Å². The smallest absolute Gasteiger partial charge is 0.340 e. The molecule has 0 saturated carbocycles. The van der Waals surface area contributed by atoms with Crippen LogP contribution in [0.1, 0.15) is 25.1 Å². The highest BCUT2D eigenvalue weighted by Gasteiger charge is 2.30. The molecule has 1 aromatic heterocycles. The summed E-state index contributed by atoms with van der Waals surface area (Å²) < 4.78 is 5.33. The van der Waals surface area contributed by atoms with E-state index in [0.717, 1.165) is 39.3 Å². The SMILES string of the molecule is O=C(NCc1n[nH]c(=O)[nH]1)[C@H]1CCC(=O)N(CCCN2CCOCC2)C1. The number of carbonyl (C=O) groups excluding carboxylic acids is 2. The molecular formula is C16H26N6O4. The van der Waals surface area contributed by atoms with Crippen molar-refractivity contribution in [1.82, 2.24) is 30.3 Å². The van der Waals surface area contributed by atoms with Crippen molar-refractivity contribution in [2.75, 3.05) is 45.9 Å². The van der Waals surface area contributed by atoms with Gasteiger partial charge in [-0.05, 0) is 12.8 Å². The number of nitrogens with zero attached hydrogens (tertiary/aromatic N) is 3. The second-order valence-electron chi connectivity index (χ2n) is 6.73. The Hall–Kier alpha value is -2.20. The Morgan fingerprint density at radius 3 is 2.81 bits per heavy atom. The zero-order chi connectivity index (χ0) is 18.4. The molecule has 2 aliphatic heterocycles. The van der Waals surface area contributed by atoms with Crippen molar-refractivity contribution >= 4 is 11.8 Å². The molecule has 0 bridgehead atoms. The summed E-state index contributed by atoms with van der Waals surface area (Å²) in [5.41, 5.74) is -0.399. The largest absolute Gasteiger partial charge is 0.379 e. The summed E-state index contributed by atoms with van der Waals surface area (Å²) in [6.07, 6.45) is 1.85. The monoisotopic (exact) mass is 366 g/mol. The maximum Gasteiger partial charge on any atom is 0.340 e. The number of likely N-dealkylation sites (tertiary alicyclic amines) is 1. The van der Waals surface area contributed by atoms with E-state index in [1.807, 2.05) is 0 Å². The van der Waals surface area contributed by atoms with Gasteiger partial charge in [0.15, 0.2) is 0 Å². The van der Waals surface area contributed by atoms with Crippen LogP contribution >= 0.6 is 0 Å². The minimum absolute atomic E-state index is 0.112. The number of hydrogen-bond donors (Lipinski definition) is 3. The fourth-order valence-electron chi connectivity index (χ4n) is 3.36. The normalized spacial score (nSPS) is 21.8. The highest BCUT2D eigenvalue weighted by Crippen LogP contribution is 2.18. The lowest BCUT2D eigenvalue weighted by Gasteiger charge is -2.33. The first-order valence-electron chi connectivity index (χ1n) is 9.11. The molecule has 1 aromatic rings. The molecular weight excluding hydrogens is 340 g/mol. The van der Waals surface area contributed by atoms with Gasteiger partial charge >= 0.3 is 5.69 Å². The molecule has 2 saturated heterocycles. The van der Waals surface area contributed by atoms with Crippen molar-refractivity contribution in [2.24, 2.45) is 5.92 Å². The van der Waals surface area contributed by atoms with Gasteiger partial charge in [0, 0.05) is 39.1 Å². The molecule has 3 rings (SSSR count). The number of morpholine rings is 1. The first-order valence-corrected chi connectivity index (χ1v) is 9.11. The summed E-state index contributed by atoms with van der Waals surface area (Å²) in [5.74, 6) is 0.173. The van der Waals surface area contributed by atoms with Crippen LogP contribution in [0.2, 0.25) is 0 Å². The van der Waals surface area contributed by atoms with Crippen LogP contribution in [0.15, 0.2) is 4.79 Å². The molecule has 2 fully saturated rings. The van der Waals surface area contributed by atoms with Crippen LogP contribution in [0.3, 0.4) is 0 Å². The summed E-state index contributed by atoms with van der Waals surface area (Å²) >= 11 is 0. The quantitative estimate of drug-likeness (QED) is 0.550. The Kier molecular flexibility index (Phi) is 6.40. The van der Waals surface area contributed by atoms with Crippen LogP contribution in [0.25, 0.3) is 0 Å². The van der Waals surface area contributed by atoms with E-state index in [9.17, 15) is 14.4 Å². The summed E-state index contributed by atoms with van der Waals surface area (Å²) in [7, 11) is 0. The second-order valence-corrected chi connectivity index (χ2v) is 6.73. The van der Waals surface area contributed by atoms with Gasteiger partial charge in [-0.1, -0.05) is 0 Å². The van der Waals surface area contributed by atoms with E-state index in [1.54, 1.807) is 4.90 Å². The molecule has 26 heavy (non-hydrogen) atoms. The fraction of sp³-hybridized carbons (Fsp3) is 0.750. The molecule has 2 amide bonds. The molecule has 3 N–H and O–H groups in total. The van der Waals surface area contributed by atoms with E-state index in [-0.39, 0.29) is 24.3 Å². The molecule has 10 nitrogen and oxygen atoms in total. The van der Waals surface area contributed by atoms with Gasteiger partial charge in [-0.2, -0.15) is 5.10 Å². The number of ether oxygens (including phenoxy) is 1. The molecule has 144 valence electrons. The van der Waals surface area contributed by atoms with Crippen molar-refractivity contribution in [2.45, 2.75) is 25.8 Å². The standard InChI is InChI=1S/C16H26N6O4/c23-14-3-2-12(15(24)17-10-13-18-16(25)20-19-13)11-22(14)5-1-4-21-6-8-26-9-7-21/h12H,1-11H2,(H,17,24)(H2,18,19,20,25)/t12-/m0/s1. The third-order valence-electron chi connectivity index (χ3n) is 4.86. The summed E-state index contributed by atoms with van der Waals surface area (Å²) in [4.78, 5) is 42.1. The van der Waals surface area contributed by atoms with Gasteiger partial charge in [0.1, 0.15) is 5.82 Å². The molecule has 0 radical (unpaired) electrons. The molecule has 10 heteroatoms. The second kappa shape index (κ2) is 8.95. The van der Waals surface area contributed by atoms with Gasteiger partial charge in [0.05, 0.1) is 25.7 Å². The molecule has 3 heterocycles. The highest BCUT2D eigenvalue weighted by atomic mass is 16.5. The zero-order valence-corrected chi connectivity index (χ0v) is 14.8. The van der Waals surface area contributed by atoms with Crippen LogP contribution < -0.4 is 11.0 Å². The number of piperidine rings is 1. The number of aromatic amines is 2. The van der Waals surface area contributed by atoms with Crippen LogP contribution in [-0.2, 0) is 20.9 Å². The first-order chi connectivity index (χ1) is 12.6. The van der Waals surface area contributed by atoms with Gasteiger partial charge in [-0.3, -0.25) is 19.5 Å². The van der Waals surface area contributed by atoms with Gasteiger partial charge < -0.3 is 15.0 Å². The van der Waals surface area contributed by atoms with Gasteiger partial charge in [0.2, 0.25) is 11.8 Å². The van der Waals surface area contributed by atoms with Crippen molar-refractivity contribution in [3.8, 4) is 0 Å². The lowest BCUT2D eigenvalue weighted by atomic mass is 9.96. The Balaban J connectivity index is 1.41. The van der Waals surface area contributed by atoms with Crippen LogP contribution in [0, 0.1) is 5.92 Å².